The van der Waals surface area contributed by atoms with Crippen molar-refractivity contribution in [2.75, 3.05) is 0 Å². The maximum atomic E-state index is 9.02. The molecule has 1 aliphatic heterocycles. The van der Waals surface area contributed by atoms with E-state index in [1.54, 1.807) is 0 Å². The van der Waals surface area contributed by atoms with E-state index in [4.69, 9.17) is 10.2 Å². The van der Waals surface area contributed by atoms with E-state index in [1.165, 1.54) is 13.8 Å². The average Bonchev–Trinajstić information content (AvgIpc) is 1.78. The van der Waals surface area contributed by atoms with E-state index >= 15 is 0 Å². The minimum Gasteiger partial charge on any atom is -0.363 e. The summed E-state index contributed by atoms with van der Waals surface area (Å²) in [6, 6.07) is 0. The molecular formula is C5H10O4. The predicted molar refractivity (Wildman–Crippen MR) is 28.0 cm³/mol. The number of rotatable bonds is 0. The van der Waals surface area contributed by atoms with Crippen molar-refractivity contribution in [3.8, 4) is 0 Å². The van der Waals surface area contributed by atoms with Gasteiger partial charge in [0.05, 0.1) is 6.42 Å². The van der Waals surface area contributed by atoms with Gasteiger partial charge < -0.3 is 10.2 Å². The monoisotopic (exact) mass is 134 g/mol. The summed E-state index contributed by atoms with van der Waals surface area (Å²) in [7, 11) is 0. The quantitative estimate of drug-likeness (QED) is 0.449. The zero-order valence-corrected chi connectivity index (χ0v) is 5.42. The molecule has 0 saturated carbocycles. The fraction of sp³-hybridized carbons (Fsp3) is 1.00. The van der Waals surface area contributed by atoms with Crippen LogP contribution >= 0.6 is 0 Å². The van der Waals surface area contributed by atoms with Crippen molar-refractivity contribution >= 4 is 0 Å². The van der Waals surface area contributed by atoms with Crippen LogP contribution in [0.4, 0.5) is 0 Å². The van der Waals surface area contributed by atoms with Gasteiger partial charge in [0, 0.05) is 0 Å². The molecule has 1 heterocycles. The fourth-order valence-electron chi connectivity index (χ4n) is 0.847. The normalized spacial score (nSPS) is 52.0. The molecule has 1 aliphatic rings. The zero-order valence-electron chi connectivity index (χ0n) is 5.42. The molecule has 2 atom stereocenters. The van der Waals surface area contributed by atoms with Crippen LogP contribution in [0.15, 0.2) is 0 Å². The van der Waals surface area contributed by atoms with Gasteiger partial charge >= 0.3 is 0 Å². The third-order valence-corrected chi connectivity index (χ3v) is 1.06. The first-order valence-corrected chi connectivity index (χ1v) is 2.73. The molecule has 0 aliphatic carbocycles. The molecule has 2 unspecified atom stereocenters. The van der Waals surface area contributed by atoms with Gasteiger partial charge in [-0.2, -0.15) is 9.78 Å². The Morgan fingerprint density at radius 3 is 1.56 bits per heavy atom. The van der Waals surface area contributed by atoms with E-state index < -0.39 is 11.6 Å². The second kappa shape index (κ2) is 1.67. The largest absolute Gasteiger partial charge is 0.363 e. The first kappa shape index (κ1) is 6.95. The van der Waals surface area contributed by atoms with Crippen molar-refractivity contribution < 1.29 is 20.0 Å². The van der Waals surface area contributed by atoms with Crippen LogP contribution in [-0.2, 0) is 9.78 Å². The Bertz CT molecular complexity index is 104. The number of aliphatic hydroxyl groups is 2. The lowest BCUT2D eigenvalue weighted by molar-refractivity contribution is -0.415. The molecule has 54 valence electrons. The highest BCUT2D eigenvalue weighted by atomic mass is 17.3. The van der Waals surface area contributed by atoms with Gasteiger partial charge in [0.25, 0.3) is 0 Å². The van der Waals surface area contributed by atoms with Crippen LogP contribution in [0.3, 0.4) is 0 Å². The minimum atomic E-state index is -1.34. The summed E-state index contributed by atoms with van der Waals surface area (Å²) < 4.78 is 0. The van der Waals surface area contributed by atoms with Gasteiger partial charge in [0.15, 0.2) is 0 Å². The Balaban J connectivity index is 2.58. The van der Waals surface area contributed by atoms with E-state index in [1.807, 2.05) is 0 Å². The fourth-order valence-corrected chi connectivity index (χ4v) is 0.847. The first-order valence-electron chi connectivity index (χ1n) is 2.73. The van der Waals surface area contributed by atoms with Gasteiger partial charge in [0.2, 0.25) is 11.6 Å². The highest BCUT2D eigenvalue weighted by Crippen LogP contribution is 2.31. The third kappa shape index (κ3) is 1.62. The maximum absolute atomic E-state index is 9.02. The van der Waals surface area contributed by atoms with Crippen LogP contribution in [0.5, 0.6) is 0 Å². The van der Waals surface area contributed by atoms with Crippen molar-refractivity contribution in [3.63, 3.8) is 0 Å². The van der Waals surface area contributed by atoms with Crippen LogP contribution < -0.4 is 0 Å². The van der Waals surface area contributed by atoms with Gasteiger partial charge in [-0.3, -0.25) is 0 Å². The summed E-state index contributed by atoms with van der Waals surface area (Å²) in [5.41, 5.74) is 0. The molecule has 4 nitrogen and oxygen atoms in total. The molecule has 0 bridgehead atoms. The molecule has 0 amide bonds. The highest BCUT2D eigenvalue weighted by Gasteiger charge is 2.43. The first-order chi connectivity index (χ1) is 3.91. The highest BCUT2D eigenvalue weighted by molar-refractivity contribution is 4.72. The molecule has 2 N–H and O–H groups in total. The topological polar surface area (TPSA) is 58.9 Å². The number of hydrogen-bond donors (Lipinski definition) is 2. The van der Waals surface area contributed by atoms with E-state index in [2.05, 4.69) is 9.78 Å². The minimum absolute atomic E-state index is 0.0694. The summed E-state index contributed by atoms with van der Waals surface area (Å²) in [6.07, 6.45) is 0.0694. The molecule has 1 rings (SSSR count). The van der Waals surface area contributed by atoms with E-state index in [-0.39, 0.29) is 6.42 Å². The summed E-state index contributed by atoms with van der Waals surface area (Å²) in [5, 5.41) is 18.0. The van der Waals surface area contributed by atoms with Gasteiger partial charge in [-0.15, -0.1) is 0 Å². The SMILES string of the molecule is CC1(O)CC(C)(O)OO1. The van der Waals surface area contributed by atoms with Crippen LogP contribution in [-0.4, -0.2) is 21.8 Å². The van der Waals surface area contributed by atoms with Crippen molar-refractivity contribution in [1.82, 2.24) is 0 Å². The molecule has 0 radical (unpaired) electrons. The molecule has 0 aromatic rings. The van der Waals surface area contributed by atoms with Gasteiger partial charge in [0.1, 0.15) is 0 Å². The second-order valence-electron chi connectivity index (χ2n) is 2.69. The second-order valence-corrected chi connectivity index (χ2v) is 2.69. The molecule has 0 aromatic carbocycles. The van der Waals surface area contributed by atoms with Crippen molar-refractivity contribution in [3.05, 3.63) is 0 Å². The molecule has 0 spiro atoms. The molecule has 0 aromatic heterocycles. The van der Waals surface area contributed by atoms with Crippen molar-refractivity contribution in [2.24, 2.45) is 0 Å². The molecule has 1 fully saturated rings. The zero-order chi connectivity index (χ0) is 7.12. The lowest BCUT2D eigenvalue weighted by Crippen LogP contribution is -2.27. The lowest BCUT2D eigenvalue weighted by Gasteiger charge is -2.11. The Morgan fingerprint density at radius 1 is 1.11 bits per heavy atom. The van der Waals surface area contributed by atoms with Crippen LogP contribution in [0.25, 0.3) is 0 Å². The summed E-state index contributed by atoms with van der Waals surface area (Å²) in [5.74, 6) is -2.69. The Kier molecular flexibility index (Phi) is 1.29. The third-order valence-electron chi connectivity index (χ3n) is 1.06. The summed E-state index contributed by atoms with van der Waals surface area (Å²) in [4.78, 5) is 8.72. The van der Waals surface area contributed by atoms with Crippen molar-refractivity contribution in [2.45, 2.75) is 31.8 Å². The van der Waals surface area contributed by atoms with Gasteiger partial charge in [-0.1, -0.05) is 0 Å². The Labute approximate surface area is 52.9 Å². The predicted octanol–water partition coefficient (Wildman–Crippen LogP) is -0.245. The average molecular weight is 134 g/mol. The number of hydrogen-bond acceptors (Lipinski definition) is 4. The molecule has 4 heteroatoms. The van der Waals surface area contributed by atoms with Gasteiger partial charge in [-0.05, 0) is 13.8 Å². The standard InChI is InChI=1S/C5H10O4/c1-4(6)3-5(2,7)9-8-4/h6-7H,3H2,1-2H3. The van der Waals surface area contributed by atoms with Crippen LogP contribution in [0.1, 0.15) is 20.3 Å². The summed E-state index contributed by atoms with van der Waals surface area (Å²) >= 11 is 0. The lowest BCUT2D eigenvalue weighted by atomic mass is 10.1. The van der Waals surface area contributed by atoms with Crippen LogP contribution in [0, 0.1) is 0 Å². The Morgan fingerprint density at radius 2 is 1.44 bits per heavy atom. The molecule has 1 saturated heterocycles. The Hall–Kier alpha value is -0.160. The van der Waals surface area contributed by atoms with E-state index in [9.17, 15) is 0 Å². The molecule has 9 heavy (non-hydrogen) atoms. The van der Waals surface area contributed by atoms with Crippen LogP contribution in [0.2, 0.25) is 0 Å². The van der Waals surface area contributed by atoms with Gasteiger partial charge in [-0.25, -0.2) is 0 Å². The smallest absolute Gasteiger partial charge is 0.201 e. The van der Waals surface area contributed by atoms with Crippen molar-refractivity contribution in [1.29, 1.82) is 0 Å². The molecular weight excluding hydrogens is 124 g/mol. The maximum Gasteiger partial charge on any atom is 0.201 e. The van der Waals surface area contributed by atoms with E-state index in [0.717, 1.165) is 0 Å². The summed E-state index contributed by atoms with van der Waals surface area (Å²) in [6.45, 7) is 2.85. The van der Waals surface area contributed by atoms with E-state index in [0.29, 0.717) is 0 Å².